The highest BCUT2D eigenvalue weighted by Crippen LogP contribution is 2.40. The lowest BCUT2D eigenvalue weighted by atomic mass is 10.1. The first-order valence-corrected chi connectivity index (χ1v) is 11.9. The van der Waals surface area contributed by atoms with Crippen molar-refractivity contribution in [2.45, 2.75) is 23.0 Å². The molecule has 33 heavy (non-hydrogen) atoms. The van der Waals surface area contributed by atoms with Crippen LogP contribution in [0.5, 0.6) is 5.75 Å². The molecule has 0 aliphatic carbocycles. The third-order valence-electron chi connectivity index (χ3n) is 5.60. The van der Waals surface area contributed by atoms with Gasteiger partial charge in [0.25, 0.3) is 0 Å². The highest BCUT2D eigenvalue weighted by molar-refractivity contribution is 8.00. The Hall–Kier alpha value is -2.62. The predicted octanol–water partition coefficient (Wildman–Crippen LogP) is 4.48. The number of anilines is 2. The molecule has 2 N–H and O–H groups in total. The number of halogens is 2. The highest BCUT2D eigenvalue weighted by atomic mass is 35.5. The molecule has 3 aromatic rings. The number of methoxy groups -OCH3 is 1. The van der Waals surface area contributed by atoms with Crippen LogP contribution in [-0.4, -0.2) is 59.8 Å². The summed E-state index contributed by atoms with van der Waals surface area (Å²) in [5.41, 5.74) is 0.938. The summed E-state index contributed by atoms with van der Waals surface area (Å²) >= 11 is 7.67. The summed E-state index contributed by atoms with van der Waals surface area (Å²) < 4.78 is 20.1. The van der Waals surface area contributed by atoms with Crippen LogP contribution in [0.2, 0.25) is 5.02 Å². The highest BCUT2D eigenvalue weighted by Gasteiger charge is 2.23. The van der Waals surface area contributed by atoms with Crippen LogP contribution >= 0.6 is 23.4 Å². The number of likely N-dealkylation sites (N-methyl/N-ethyl adjacent to an activating group) is 1. The van der Waals surface area contributed by atoms with Gasteiger partial charge in [-0.2, -0.15) is 0 Å². The Bertz CT molecular complexity index is 1160. The van der Waals surface area contributed by atoms with Crippen molar-refractivity contribution < 1.29 is 13.9 Å². The Morgan fingerprint density at radius 3 is 2.82 bits per heavy atom. The fraction of sp³-hybridized carbons (Fsp3) is 0.348. The summed E-state index contributed by atoms with van der Waals surface area (Å²) in [7, 11) is 3.30. The van der Waals surface area contributed by atoms with E-state index in [-0.39, 0.29) is 16.6 Å². The van der Waals surface area contributed by atoms with Gasteiger partial charge in [-0.25, -0.2) is 14.4 Å². The van der Waals surface area contributed by atoms with Gasteiger partial charge in [0.2, 0.25) is 5.91 Å². The van der Waals surface area contributed by atoms with Crippen molar-refractivity contribution in [1.82, 2.24) is 20.2 Å². The molecule has 10 heteroatoms. The molecule has 1 saturated heterocycles. The number of rotatable bonds is 7. The number of benzene rings is 2. The van der Waals surface area contributed by atoms with Gasteiger partial charge in [-0.05, 0) is 44.1 Å². The molecule has 1 aromatic heterocycles. The number of piperidine rings is 1. The molecule has 1 aliphatic heterocycles. The number of carbonyl (C=O) groups excluding carboxylic acids is 1. The lowest BCUT2D eigenvalue weighted by Crippen LogP contribution is -2.41. The number of hydrogen-bond acceptors (Lipinski definition) is 7. The van der Waals surface area contributed by atoms with Crippen molar-refractivity contribution in [3.8, 4) is 5.75 Å². The molecule has 2 aromatic carbocycles. The standard InChI is InChI=1S/C23H25ClFN5O2S/c1-26-21(31)12-30-8-6-14(7-9-30)33-20-10-15-18(11-19(20)32-2)27-13-28-23(15)29-17-5-3-4-16(24)22(17)25/h3-5,10-11,13-14H,6-9,12H2,1-2H3,(H,26,31)(H,27,28,29). The van der Waals surface area contributed by atoms with E-state index in [1.807, 2.05) is 12.1 Å². The van der Waals surface area contributed by atoms with Crippen molar-refractivity contribution in [3.63, 3.8) is 0 Å². The van der Waals surface area contributed by atoms with Gasteiger partial charge in [0.15, 0.2) is 5.82 Å². The van der Waals surface area contributed by atoms with E-state index >= 15 is 0 Å². The summed E-state index contributed by atoms with van der Waals surface area (Å²) in [6.07, 6.45) is 3.36. The molecule has 0 saturated carbocycles. The SMILES string of the molecule is CNC(=O)CN1CCC(Sc2cc3c(Nc4cccc(Cl)c4F)ncnc3cc2OC)CC1. The van der Waals surface area contributed by atoms with Crippen LogP contribution in [-0.2, 0) is 4.79 Å². The second kappa shape index (κ2) is 10.5. The molecule has 1 fully saturated rings. The maximum atomic E-state index is 14.4. The monoisotopic (exact) mass is 489 g/mol. The number of thioether (sulfide) groups is 1. The smallest absolute Gasteiger partial charge is 0.233 e. The molecule has 0 atom stereocenters. The van der Waals surface area contributed by atoms with Gasteiger partial charge in [0.05, 0.1) is 34.8 Å². The van der Waals surface area contributed by atoms with E-state index in [1.165, 1.54) is 12.4 Å². The second-order valence-corrected chi connectivity index (χ2v) is 9.48. The molecular weight excluding hydrogens is 465 g/mol. The molecule has 2 heterocycles. The van der Waals surface area contributed by atoms with Crippen molar-refractivity contribution in [3.05, 3.63) is 47.5 Å². The van der Waals surface area contributed by atoms with Gasteiger partial charge >= 0.3 is 0 Å². The van der Waals surface area contributed by atoms with Gasteiger partial charge in [-0.1, -0.05) is 17.7 Å². The molecule has 0 bridgehead atoms. The Morgan fingerprint density at radius 2 is 2.09 bits per heavy atom. The second-order valence-electron chi connectivity index (χ2n) is 7.74. The van der Waals surface area contributed by atoms with Crippen molar-refractivity contribution in [2.24, 2.45) is 0 Å². The Morgan fingerprint density at radius 1 is 1.30 bits per heavy atom. The molecule has 0 radical (unpaired) electrons. The van der Waals surface area contributed by atoms with E-state index in [2.05, 4.69) is 25.5 Å². The minimum absolute atomic E-state index is 0.0356. The van der Waals surface area contributed by atoms with E-state index in [0.717, 1.165) is 42.0 Å². The van der Waals surface area contributed by atoms with Crippen molar-refractivity contribution >= 4 is 51.7 Å². The number of ether oxygens (including phenoxy) is 1. The summed E-state index contributed by atoms with van der Waals surface area (Å²) in [5, 5.41) is 6.92. The molecule has 4 rings (SSSR count). The van der Waals surface area contributed by atoms with Gasteiger partial charge < -0.3 is 15.4 Å². The zero-order chi connectivity index (χ0) is 23.4. The van der Waals surface area contributed by atoms with Crippen LogP contribution in [0.1, 0.15) is 12.8 Å². The van der Waals surface area contributed by atoms with Crippen molar-refractivity contribution in [2.75, 3.05) is 39.1 Å². The molecule has 1 amide bonds. The zero-order valence-electron chi connectivity index (χ0n) is 18.4. The third kappa shape index (κ3) is 5.48. The number of fused-ring (bicyclic) bond motifs is 1. The van der Waals surface area contributed by atoms with Crippen LogP contribution < -0.4 is 15.4 Å². The van der Waals surface area contributed by atoms with Crippen LogP contribution in [0.25, 0.3) is 10.9 Å². The lowest BCUT2D eigenvalue weighted by Gasteiger charge is -2.31. The summed E-state index contributed by atoms with van der Waals surface area (Å²) in [6, 6.07) is 8.65. The van der Waals surface area contributed by atoms with E-state index in [9.17, 15) is 9.18 Å². The molecular formula is C23H25ClFN5O2S. The number of nitrogens with one attached hydrogen (secondary N) is 2. The Kier molecular flexibility index (Phi) is 7.52. The normalized spacial score (nSPS) is 14.9. The average Bonchev–Trinajstić information content (AvgIpc) is 2.83. The fourth-order valence-corrected chi connectivity index (χ4v) is 5.21. The van der Waals surface area contributed by atoms with E-state index < -0.39 is 5.82 Å². The molecule has 174 valence electrons. The van der Waals surface area contributed by atoms with Gasteiger partial charge in [0.1, 0.15) is 17.9 Å². The minimum atomic E-state index is -0.530. The Balaban J connectivity index is 1.57. The average molecular weight is 490 g/mol. The Labute approximate surface area is 201 Å². The topological polar surface area (TPSA) is 79.4 Å². The number of aromatic nitrogens is 2. The third-order valence-corrected chi connectivity index (χ3v) is 7.27. The number of amides is 1. The van der Waals surface area contributed by atoms with Gasteiger partial charge in [0, 0.05) is 23.8 Å². The van der Waals surface area contributed by atoms with E-state index in [4.69, 9.17) is 16.3 Å². The fourth-order valence-electron chi connectivity index (χ4n) is 3.79. The molecule has 7 nitrogen and oxygen atoms in total. The van der Waals surface area contributed by atoms with Crippen molar-refractivity contribution in [1.29, 1.82) is 0 Å². The van der Waals surface area contributed by atoms with E-state index in [1.54, 1.807) is 38.1 Å². The van der Waals surface area contributed by atoms with Crippen LogP contribution in [0, 0.1) is 5.82 Å². The largest absolute Gasteiger partial charge is 0.496 e. The maximum Gasteiger partial charge on any atom is 0.233 e. The number of likely N-dealkylation sites (tertiary alicyclic amines) is 1. The zero-order valence-corrected chi connectivity index (χ0v) is 20.0. The summed E-state index contributed by atoms with van der Waals surface area (Å²) in [4.78, 5) is 23.5. The molecule has 1 aliphatic rings. The van der Waals surface area contributed by atoms with Crippen LogP contribution in [0.15, 0.2) is 41.6 Å². The minimum Gasteiger partial charge on any atom is -0.496 e. The van der Waals surface area contributed by atoms with E-state index in [0.29, 0.717) is 23.1 Å². The lowest BCUT2D eigenvalue weighted by molar-refractivity contribution is -0.121. The van der Waals surface area contributed by atoms with Gasteiger partial charge in [-0.15, -0.1) is 11.8 Å². The summed E-state index contributed by atoms with van der Waals surface area (Å²) in [6.45, 7) is 2.16. The number of carbonyl (C=O) groups is 1. The van der Waals surface area contributed by atoms with Crippen LogP contribution in [0.3, 0.4) is 0 Å². The number of hydrogen-bond donors (Lipinski definition) is 2. The first-order valence-electron chi connectivity index (χ1n) is 10.6. The quantitative estimate of drug-likeness (QED) is 0.506. The van der Waals surface area contributed by atoms with Crippen LogP contribution in [0.4, 0.5) is 15.9 Å². The maximum absolute atomic E-state index is 14.4. The predicted molar refractivity (Wildman–Crippen MR) is 130 cm³/mol. The number of nitrogens with zero attached hydrogens (tertiary/aromatic N) is 3. The first kappa shape index (κ1) is 23.5. The van der Waals surface area contributed by atoms with Gasteiger partial charge in [-0.3, -0.25) is 9.69 Å². The summed E-state index contributed by atoms with van der Waals surface area (Å²) in [5.74, 6) is 0.732. The molecule has 0 unspecified atom stereocenters. The molecule has 0 spiro atoms. The first-order chi connectivity index (χ1) is 16.0.